The van der Waals surface area contributed by atoms with Crippen LogP contribution < -0.4 is 5.32 Å². The van der Waals surface area contributed by atoms with Crippen LogP contribution in [0.5, 0.6) is 5.75 Å². The van der Waals surface area contributed by atoms with Crippen molar-refractivity contribution >= 4 is 11.7 Å². The molecule has 5 rings (SSSR count). The van der Waals surface area contributed by atoms with Gasteiger partial charge in [0.2, 0.25) is 0 Å². The lowest BCUT2D eigenvalue weighted by molar-refractivity contribution is 0.0693. The largest absolute Gasteiger partial charge is 0.507 e. The number of carboxylic acids is 1. The Labute approximate surface area is 174 Å². The zero-order valence-electron chi connectivity index (χ0n) is 16.8. The third kappa shape index (κ3) is 2.84. The van der Waals surface area contributed by atoms with Crippen molar-refractivity contribution in [2.45, 2.75) is 38.6 Å². The molecule has 2 aliphatic rings. The zero-order valence-corrected chi connectivity index (χ0v) is 16.8. The number of carboxylic acid groups (broad SMARTS) is 1. The standard InChI is InChI=1S/C25H22FNO3/c1-12-5-13(2)7-15(6-12)16-9-19-17-4-3-14-8-20(25(29)30)22(28)11-18(14)23(17)27-24(19)21(26)10-16/h5-11,17,23,27-28H,3-4H2,1-2H3,(H,29,30). The topological polar surface area (TPSA) is 69.6 Å². The Morgan fingerprint density at radius 2 is 1.70 bits per heavy atom. The van der Waals surface area contributed by atoms with Crippen molar-refractivity contribution < 1.29 is 19.4 Å². The maximum atomic E-state index is 15.1. The number of phenols is 1. The molecule has 4 nitrogen and oxygen atoms in total. The highest BCUT2D eigenvalue weighted by molar-refractivity contribution is 5.91. The first-order valence-electron chi connectivity index (χ1n) is 10.1. The zero-order chi connectivity index (χ0) is 21.2. The minimum atomic E-state index is -1.15. The van der Waals surface area contributed by atoms with E-state index < -0.39 is 5.97 Å². The second kappa shape index (κ2) is 6.59. The van der Waals surface area contributed by atoms with Crippen molar-refractivity contribution in [3.63, 3.8) is 0 Å². The van der Waals surface area contributed by atoms with E-state index in [9.17, 15) is 15.0 Å². The average Bonchev–Trinajstić information content (AvgIpc) is 3.06. The number of rotatable bonds is 2. The fraction of sp³-hybridized carbons (Fsp3) is 0.240. The Kier molecular flexibility index (Phi) is 4.10. The van der Waals surface area contributed by atoms with Crippen LogP contribution in [-0.4, -0.2) is 16.2 Å². The summed E-state index contributed by atoms with van der Waals surface area (Å²) in [5.74, 6) is -1.62. The molecule has 0 bridgehead atoms. The van der Waals surface area contributed by atoms with Crippen LogP contribution >= 0.6 is 0 Å². The molecule has 0 saturated heterocycles. The Balaban J connectivity index is 1.59. The molecule has 3 aromatic rings. The first kappa shape index (κ1) is 18.7. The highest BCUT2D eigenvalue weighted by atomic mass is 19.1. The molecule has 152 valence electrons. The van der Waals surface area contributed by atoms with Crippen molar-refractivity contribution in [2.24, 2.45) is 0 Å². The SMILES string of the molecule is Cc1cc(C)cc(-c2cc(F)c3c(c2)C2CCc4cc(C(=O)O)c(O)cc4C2N3)c1. The lowest BCUT2D eigenvalue weighted by Gasteiger charge is -2.29. The Bertz CT molecular complexity index is 1200. The van der Waals surface area contributed by atoms with E-state index in [0.717, 1.165) is 45.4 Å². The van der Waals surface area contributed by atoms with E-state index in [1.54, 1.807) is 12.1 Å². The van der Waals surface area contributed by atoms with E-state index in [2.05, 4.69) is 29.6 Å². The summed E-state index contributed by atoms with van der Waals surface area (Å²) in [5.41, 5.74) is 7.23. The lowest BCUT2D eigenvalue weighted by atomic mass is 9.77. The summed E-state index contributed by atoms with van der Waals surface area (Å²) in [4.78, 5) is 11.4. The van der Waals surface area contributed by atoms with Crippen molar-refractivity contribution in [1.82, 2.24) is 0 Å². The molecule has 0 amide bonds. The maximum absolute atomic E-state index is 15.1. The minimum absolute atomic E-state index is 0.0722. The number of aromatic carboxylic acids is 1. The number of aromatic hydroxyl groups is 1. The van der Waals surface area contributed by atoms with Gasteiger partial charge in [-0.2, -0.15) is 0 Å². The number of hydrogen-bond acceptors (Lipinski definition) is 3. The highest BCUT2D eigenvalue weighted by Gasteiger charge is 2.39. The number of hydrogen-bond donors (Lipinski definition) is 3. The molecule has 0 spiro atoms. The van der Waals surface area contributed by atoms with E-state index in [1.807, 2.05) is 13.8 Å². The fourth-order valence-electron chi connectivity index (χ4n) is 5.07. The molecular weight excluding hydrogens is 381 g/mol. The smallest absolute Gasteiger partial charge is 0.339 e. The molecule has 30 heavy (non-hydrogen) atoms. The number of halogens is 1. The Morgan fingerprint density at radius 1 is 1.00 bits per heavy atom. The van der Waals surface area contributed by atoms with Crippen LogP contribution in [0, 0.1) is 19.7 Å². The average molecular weight is 403 g/mol. The van der Waals surface area contributed by atoms with Crippen LogP contribution in [0.1, 0.15) is 56.6 Å². The fourth-order valence-corrected chi connectivity index (χ4v) is 5.07. The van der Waals surface area contributed by atoms with Crippen molar-refractivity contribution in [2.75, 3.05) is 5.32 Å². The molecule has 3 N–H and O–H groups in total. The quantitative estimate of drug-likeness (QED) is 0.513. The van der Waals surface area contributed by atoms with Gasteiger partial charge in [-0.15, -0.1) is 0 Å². The molecule has 1 aliphatic heterocycles. The van der Waals surface area contributed by atoms with Crippen LogP contribution in [0.4, 0.5) is 10.1 Å². The van der Waals surface area contributed by atoms with Gasteiger partial charge in [0.25, 0.3) is 0 Å². The van der Waals surface area contributed by atoms with E-state index in [-0.39, 0.29) is 29.1 Å². The summed E-state index contributed by atoms with van der Waals surface area (Å²) in [5, 5.41) is 22.8. The number of aryl methyl sites for hydroxylation is 3. The molecule has 2 atom stereocenters. The Hall–Kier alpha value is -3.34. The lowest BCUT2D eigenvalue weighted by Crippen LogP contribution is -2.20. The highest BCUT2D eigenvalue weighted by Crippen LogP contribution is 2.52. The third-order valence-electron chi connectivity index (χ3n) is 6.33. The molecule has 0 radical (unpaired) electrons. The maximum Gasteiger partial charge on any atom is 0.339 e. The minimum Gasteiger partial charge on any atom is -0.507 e. The molecule has 1 heterocycles. The summed E-state index contributed by atoms with van der Waals surface area (Å²) in [6, 6.07) is 12.8. The molecule has 1 aliphatic carbocycles. The second-order valence-corrected chi connectivity index (χ2v) is 8.44. The summed E-state index contributed by atoms with van der Waals surface area (Å²) in [6.45, 7) is 4.07. The van der Waals surface area contributed by atoms with E-state index >= 15 is 4.39 Å². The number of benzene rings is 3. The van der Waals surface area contributed by atoms with Gasteiger partial charge in [-0.05, 0) is 78.8 Å². The summed E-state index contributed by atoms with van der Waals surface area (Å²) in [6.07, 6.45) is 1.48. The van der Waals surface area contributed by atoms with Crippen molar-refractivity contribution in [3.8, 4) is 16.9 Å². The van der Waals surface area contributed by atoms with Gasteiger partial charge in [0.05, 0.1) is 11.7 Å². The number of carbonyl (C=O) groups is 1. The molecule has 0 aromatic heterocycles. The first-order chi connectivity index (χ1) is 14.3. The van der Waals surface area contributed by atoms with Gasteiger partial charge in [-0.25, -0.2) is 9.18 Å². The second-order valence-electron chi connectivity index (χ2n) is 8.44. The van der Waals surface area contributed by atoms with Crippen LogP contribution in [0.3, 0.4) is 0 Å². The van der Waals surface area contributed by atoms with E-state index in [1.165, 1.54) is 6.07 Å². The predicted octanol–water partition coefficient (Wildman–Crippen LogP) is 5.71. The van der Waals surface area contributed by atoms with Gasteiger partial charge in [-0.3, -0.25) is 0 Å². The van der Waals surface area contributed by atoms with Crippen LogP contribution in [0.25, 0.3) is 11.1 Å². The van der Waals surface area contributed by atoms with Gasteiger partial charge in [0.1, 0.15) is 17.1 Å². The Morgan fingerprint density at radius 3 is 2.40 bits per heavy atom. The number of fused-ring (bicyclic) bond motifs is 5. The van der Waals surface area contributed by atoms with Crippen LogP contribution in [0.15, 0.2) is 42.5 Å². The van der Waals surface area contributed by atoms with Crippen LogP contribution in [0.2, 0.25) is 0 Å². The van der Waals surface area contributed by atoms with Gasteiger partial charge in [-0.1, -0.05) is 29.3 Å². The van der Waals surface area contributed by atoms with E-state index in [0.29, 0.717) is 12.1 Å². The molecule has 5 heteroatoms. The van der Waals surface area contributed by atoms with Gasteiger partial charge >= 0.3 is 5.97 Å². The molecule has 0 fully saturated rings. The predicted molar refractivity (Wildman–Crippen MR) is 114 cm³/mol. The summed E-state index contributed by atoms with van der Waals surface area (Å²) >= 11 is 0. The van der Waals surface area contributed by atoms with Gasteiger partial charge in [0.15, 0.2) is 0 Å². The third-order valence-corrected chi connectivity index (χ3v) is 6.33. The molecule has 3 aromatic carbocycles. The molecular formula is C25H22FNO3. The van der Waals surface area contributed by atoms with Gasteiger partial charge in [0, 0.05) is 5.92 Å². The normalized spacial score (nSPS) is 18.9. The summed E-state index contributed by atoms with van der Waals surface area (Å²) in [7, 11) is 0. The van der Waals surface area contributed by atoms with Crippen molar-refractivity contribution in [3.05, 3.63) is 81.7 Å². The first-order valence-corrected chi connectivity index (χ1v) is 10.1. The van der Waals surface area contributed by atoms with E-state index in [4.69, 9.17) is 0 Å². The molecule has 0 saturated carbocycles. The number of anilines is 1. The monoisotopic (exact) mass is 403 g/mol. The number of nitrogens with one attached hydrogen (secondary N) is 1. The summed E-state index contributed by atoms with van der Waals surface area (Å²) < 4.78 is 15.1. The van der Waals surface area contributed by atoms with Crippen LogP contribution in [-0.2, 0) is 6.42 Å². The van der Waals surface area contributed by atoms with Gasteiger partial charge < -0.3 is 15.5 Å². The van der Waals surface area contributed by atoms with Crippen molar-refractivity contribution in [1.29, 1.82) is 0 Å². The molecule has 2 unspecified atom stereocenters.